The second-order valence-corrected chi connectivity index (χ2v) is 5.93. The molecule has 0 saturated carbocycles. The van der Waals surface area contributed by atoms with Crippen LogP contribution in [0.3, 0.4) is 0 Å². The lowest BCUT2D eigenvalue weighted by molar-refractivity contribution is -0.131. The van der Waals surface area contributed by atoms with E-state index in [0.29, 0.717) is 49.9 Å². The third kappa shape index (κ3) is 5.63. The number of benzene rings is 1. The number of ether oxygens (including phenoxy) is 2. The predicted octanol–water partition coefficient (Wildman–Crippen LogP) is 1.09. The smallest absolute Gasteiger partial charge is 0.238 e. The molecule has 1 aromatic carbocycles. The Morgan fingerprint density at radius 1 is 1.23 bits per heavy atom. The van der Waals surface area contributed by atoms with Gasteiger partial charge in [0.05, 0.1) is 25.6 Å². The van der Waals surface area contributed by atoms with Crippen molar-refractivity contribution in [3.63, 3.8) is 0 Å². The number of carbonyl (C=O) groups excluding carboxylic acids is 2. The van der Waals surface area contributed by atoms with Crippen LogP contribution in [0.2, 0.25) is 0 Å². The number of hydrogen-bond acceptors (Lipinski definition) is 6. The van der Waals surface area contributed by atoms with Crippen LogP contribution < -0.4 is 14.8 Å². The summed E-state index contributed by atoms with van der Waals surface area (Å²) in [5, 5.41) is 11.4. The van der Waals surface area contributed by atoms with E-state index in [2.05, 4.69) is 5.32 Å². The van der Waals surface area contributed by atoms with Gasteiger partial charge in [0, 0.05) is 25.3 Å². The molecule has 0 aliphatic carbocycles. The number of rotatable bonds is 8. The molecule has 1 aliphatic rings. The van der Waals surface area contributed by atoms with Crippen LogP contribution in [0, 0.1) is 11.3 Å². The van der Waals surface area contributed by atoms with E-state index in [4.69, 9.17) is 14.7 Å². The topological polar surface area (TPSA) is 94.9 Å². The van der Waals surface area contributed by atoms with Gasteiger partial charge in [0.1, 0.15) is 13.2 Å². The molecule has 2 rings (SSSR count). The minimum atomic E-state index is -0.212. The number of anilines is 1. The van der Waals surface area contributed by atoms with Gasteiger partial charge in [-0.25, -0.2) is 0 Å². The maximum Gasteiger partial charge on any atom is 0.238 e. The second-order valence-electron chi connectivity index (χ2n) is 5.93. The van der Waals surface area contributed by atoms with Gasteiger partial charge >= 0.3 is 0 Å². The Morgan fingerprint density at radius 3 is 2.65 bits per heavy atom. The first-order chi connectivity index (χ1) is 12.5. The van der Waals surface area contributed by atoms with Crippen molar-refractivity contribution in [1.29, 1.82) is 5.26 Å². The highest BCUT2D eigenvalue weighted by molar-refractivity contribution is 5.93. The Morgan fingerprint density at radius 2 is 1.96 bits per heavy atom. The summed E-state index contributed by atoms with van der Waals surface area (Å²) in [5.74, 6) is 0.941. The van der Waals surface area contributed by atoms with Crippen molar-refractivity contribution < 1.29 is 19.1 Å². The minimum absolute atomic E-state index is 0.1000. The fourth-order valence-electron chi connectivity index (χ4n) is 2.46. The van der Waals surface area contributed by atoms with Gasteiger partial charge < -0.3 is 19.7 Å². The number of fused-ring (bicyclic) bond motifs is 1. The number of nitrogens with zero attached hydrogens (tertiary/aromatic N) is 3. The van der Waals surface area contributed by atoms with Crippen LogP contribution in [0.15, 0.2) is 18.2 Å². The number of amides is 2. The first-order valence-corrected chi connectivity index (χ1v) is 8.56. The first-order valence-electron chi connectivity index (χ1n) is 8.56. The molecule has 0 saturated heterocycles. The van der Waals surface area contributed by atoms with Gasteiger partial charge in [-0.05, 0) is 18.7 Å². The Kier molecular flexibility index (Phi) is 7.24. The molecule has 1 aromatic rings. The Balaban J connectivity index is 1.87. The summed E-state index contributed by atoms with van der Waals surface area (Å²) in [5.41, 5.74) is 0.618. The van der Waals surface area contributed by atoms with Crippen molar-refractivity contribution in [2.45, 2.75) is 13.3 Å². The molecule has 26 heavy (non-hydrogen) atoms. The van der Waals surface area contributed by atoms with Gasteiger partial charge in [0.25, 0.3) is 0 Å². The van der Waals surface area contributed by atoms with Crippen LogP contribution in [-0.2, 0) is 9.59 Å². The van der Waals surface area contributed by atoms with Crippen LogP contribution in [0.1, 0.15) is 13.3 Å². The molecule has 0 atom stereocenters. The van der Waals surface area contributed by atoms with Gasteiger partial charge in [0.15, 0.2) is 11.5 Å². The quantitative estimate of drug-likeness (QED) is 0.746. The number of nitriles is 1. The van der Waals surface area contributed by atoms with Crippen molar-refractivity contribution in [3.05, 3.63) is 18.2 Å². The standard InChI is InChI=1S/C18H24N4O4/c1-3-22(13-18(24)21(2)8-4-7-19)12-17(23)20-14-5-6-15-16(11-14)26-10-9-25-15/h5-6,11H,3-4,8-10,12-13H2,1-2H3,(H,20,23). The molecule has 8 nitrogen and oxygen atoms in total. The number of carbonyl (C=O) groups is 2. The summed E-state index contributed by atoms with van der Waals surface area (Å²) in [6.07, 6.45) is 0.291. The van der Waals surface area contributed by atoms with Crippen LogP contribution >= 0.6 is 0 Å². The average Bonchev–Trinajstić information content (AvgIpc) is 2.65. The predicted molar refractivity (Wildman–Crippen MR) is 96.0 cm³/mol. The molecule has 0 spiro atoms. The summed E-state index contributed by atoms with van der Waals surface area (Å²) in [6, 6.07) is 7.25. The summed E-state index contributed by atoms with van der Waals surface area (Å²) in [4.78, 5) is 27.7. The monoisotopic (exact) mass is 360 g/mol. The van der Waals surface area contributed by atoms with Crippen molar-refractivity contribution >= 4 is 17.5 Å². The highest BCUT2D eigenvalue weighted by Gasteiger charge is 2.17. The fourth-order valence-corrected chi connectivity index (χ4v) is 2.46. The van der Waals surface area contributed by atoms with E-state index < -0.39 is 0 Å². The Labute approximate surface area is 153 Å². The number of nitrogens with one attached hydrogen (secondary N) is 1. The molecule has 0 unspecified atom stereocenters. The molecular weight excluding hydrogens is 336 g/mol. The van der Waals surface area contributed by atoms with Crippen molar-refractivity contribution in [2.24, 2.45) is 0 Å². The number of likely N-dealkylation sites (N-methyl/N-ethyl adjacent to an activating group) is 2. The zero-order valence-electron chi connectivity index (χ0n) is 15.2. The molecule has 1 heterocycles. The zero-order valence-corrected chi connectivity index (χ0v) is 15.2. The summed E-state index contributed by atoms with van der Waals surface area (Å²) >= 11 is 0. The lowest BCUT2D eigenvalue weighted by Gasteiger charge is -2.23. The molecule has 0 aromatic heterocycles. The lowest BCUT2D eigenvalue weighted by atomic mass is 10.2. The SMILES string of the molecule is CCN(CC(=O)Nc1ccc2c(c1)OCCO2)CC(=O)N(C)CCC#N. The highest BCUT2D eigenvalue weighted by atomic mass is 16.6. The van der Waals surface area contributed by atoms with E-state index >= 15 is 0 Å². The molecule has 1 N–H and O–H groups in total. The maximum absolute atomic E-state index is 12.3. The highest BCUT2D eigenvalue weighted by Crippen LogP contribution is 2.32. The molecule has 0 fully saturated rings. The number of hydrogen-bond donors (Lipinski definition) is 1. The third-order valence-corrected chi connectivity index (χ3v) is 3.98. The van der Waals surface area contributed by atoms with Crippen LogP contribution in [0.4, 0.5) is 5.69 Å². The first kappa shape index (κ1) is 19.5. The van der Waals surface area contributed by atoms with E-state index in [-0.39, 0.29) is 24.9 Å². The molecule has 2 amide bonds. The maximum atomic E-state index is 12.3. The Hall–Kier alpha value is -2.79. The van der Waals surface area contributed by atoms with E-state index in [0.717, 1.165) is 0 Å². The fraction of sp³-hybridized carbons (Fsp3) is 0.500. The van der Waals surface area contributed by atoms with Crippen LogP contribution in [0.25, 0.3) is 0 Å². The molecule has 0 bridgehead atoms. The van der Waals surface area contributed by atoms with Gasteiger partial charge in [-0.2, -0.15) is 5.26 Å². The Bertz CT molecular complexity index is 686. The molecule has 8 heteroatoms. The van der Waals surface area contributed by atoms with E-state index in [1.807, 2.05) is 13.0 Å². The van der Waals surface area contributed by atoms with E-state index in [1.165, 1.54) is 4.90 Å². The molecule has 0 radical (unpaired) electrons. The average molecular weight is 360 g/mol. The van der Waals surface area contributed by atoms with Gasteiger partial charge in [-0.1, -0.05) is 6.92 Å². The van der Waals surface area contributed by atoms with Crippen LogP contribution in [-0.4, -0.2) is 68.1 Å². The summed E-state index contributed by atoms with van der Waals surface area (Å²) < 4.78 is 11.0. The van der Waals surface area contributed by atoms with E-state index in [9.17, 15) is 9.59 Å². The van der Waals surface area contributed by atoms with Crippen molar-refractivity contribution in [3.8, 4) is 17.6 Å². The summed E-state index contributed by atoms with van der Waals surface area (Å²) in [7, 11) is 1.66. The second kappa shape index (κ2) is 9.63. The lowest BCUT2D eigenvalue weighted by Crippen LogP contribution is -2.42. The largest absolute Gasteiger partial charge is 0.486 e. The van der Waals surface area contributed by atoms with Crippen LogP contribution in [0.5, 0.6) is 11.5 Å². The van der Waals surface area contributed by atoms with Gasteiger partial charge in [0.2, 0.25) is 11.8 Å². The van der Waals surface area contributed by atoms with Crippen molar-refractivity contribution in [1.82, 2.24) is 9.80 Å². The van der Waals surface area contributed by atoms with Gasteiger partial charge in [-0.15, -0.1) is 0 Å². The normalized spacial score (nSPS) is 12.4. The molecule has 140 valence electrons. The minimum Gasteiger partial charge on any atom is -0.486 e. The zero-order chi connectivity index (χ0) is 18.9. The van der Waals surface area contributed by atoms with Gasteiger partial charge in [-0.3, -0.25) is 14.5 Å². The third-order valence-electron chi connectivity index (χ3n) is 3.98. The molecular formula is C18H24N4O4. The molecule has 1 aliphatic heterocycles. The van der Waals surface area contributed by atoms with Crippen molar-refractivity contribution in [2.75, 3.05) is 51.8 Å². The van der Waals surface area contributed by atoms with E-state index in [1.54, 1.807) is 30.1 Å². The summed E-state index contributed by atoms with van der Waals surface area (Å²) in [6.45, 7) is 4.06.